The van der Waals surface area contributed by atoms with Crippen LogP contribution in [0.25, 0.3) is 32.1 Å². The van der Waals surface area contributed by atoms with Crippen molar-refractivity contribution in [3.8, 4) is 23.2 Å². The van der Waals surface area contributed by atoms with Crippen LogP contribution < -0.4 is 15.0 Å². The van der Waals surface area contributed by atoms with Gasteiger partial charge in [-0.15, -0.1) is 11.3 Å². The minimum absolute atomic E-state index is 0.0144. The first kappa shape index (κ1) is 33.8. The van der Waals surface area contributed by atoms with Crippen molar-refractivity contribution in [2.75, 3.05) is 49.5 Å². The number of fused-ring (bicyclic) bond motifs is 3. The third kappa shape index (κ3) is 5.34. The number of thiophene rings is 1. The molecular formula is C39H43F2N7O2S. The fourth-order valence-corrected chi connectivity index (χ4v) is 10.3. The summed E-state index contributed by atoms with van der Waals surface area (Å²) in [6, 6.07) is 7.28. The summed E-state index contributed by atoms with van der Waals surface area (Å²) < 4.78 is 39.6. The highest BCUT2D eigenvalue weighted by Gasteiger charge is 2.51. The van der Waals surface area contributed by atoms with Gasteiger partial charge in [0.1, 0.15) is 34.8 Å². The van der Waals surface area contributed by atoms with E-state index in [9.17, 15) is 10.1 Å². The summed E-state index contributed by atoms with van der Waals surface area (Å²) in [6.45, 7) is 14.0. The molecule has 1 spiro atoms. The lowest BCUT2D eigenvalue weighted by Crippen LogP contribution is -2.63. The van der Waals surface area contributed by atoms with Gasteiger partial charge in [0.25, 0.3) is 0 Å². The normalized spacial score (nSPS) is 21.1. The van der Waals surface area contributed by atoms with E-state index in [1.54, 1.807) is 6.07 Å². The maximum absolute atomic E-state index is 17.5. The molecule has 0 bridgehead atoms. The molecule has 1 amide bonds. The van der Waals surface area contributed by atoms with Crippen LogP contribution in [0.15, 0.2) is 30.9 Å². The predicted octanol–water partition coefficient (Wildman–Crippen LogP) is 7.42. The Morgan fingerprint density at radius 1 is 1.16 bits per heavy atom. The van der Waals surface area contributed by atoms with Gasteiger partial charge in [-0.3, -0.25) is 9.69 Å². The number of carbonyl (C=O) groups is 1. The molecule has 1 atom stereocenters. The molecule has 6 heterocycles. The zero-order valence-electron chi connectivity index (χ0n) is 29.5. The van der Waals surface area contributed by atoms with Crippen LogP contribution in [0.3, 0.4) is 0 Å². The topological polar surface area (TPSA) is 97.6 Å². The van der Waals surface area contributed by atoms with E-state index in [-0.39, 0.29) is 34.6 Å². The highest BCUT2D eigenvalue weighted by Crippen LogP contribution is 2.47. The van der Waals surface area contributed by atoms with Crippen LogP contribution >= 0.6 is 11.3 Å². The quantitative estimate of drug-likeness (QED) is 0.179. The molecule has 2 aromatic carbocycles. The maximum atomic E-state index is 17.5. The number of hydrogen-bond donors (Lipinski definition) is 1. The van der Waals surface area contributed by atoms with Gasteiger partial charge < -0.3 is 19.9 Å². The molecule has 4 aromatic rings. The summed E-state index contributed by atoms with van der Waals surface area (Å²) in [7, 11) is 0. The van der Waals surface area contributed by atoms with Crippen molar-refractivity contribution in [3.05, 3.63) is 53.6 Å². The predicted molar refractivity (Wildman–Crippen MR) is 197 cm³/mol. The van der Waals surface area contributed by atoms with E-state index >= 15 is 8.78 Å². The highest BCUT2D eigenvalue weighted by molar-refractivity contribution is 7.23. The van der Waals surface area contributed by atoms with Gasteiger partial charge in [0.2, 0.25) is 5.91 Å². The van der Waals surface area contributed by atoms with Gasteiger partial charge in [-0.05, 0) is 101 Å². The molecular weight excluding hydrogens is 669 g/mol. The van der Waals surface area contributed by atoms with Gasteiger partial charge in [0.05, 0.1) is 21.3 Å². The number of aryl methyl sites for hydroxylation is 1. The molecule has 8 rings (SSSR count). The van der Waals surface area contributed by atoms with Gasteiger partial charge in [-0.1, -0.05) is 19.6 Å². The Morgan fingerprint density at radius 3 is 2.59 bits per heavy atom. The number of amides is 1. The van der Waals surface area contributed by atoms with Crippen molar-refractivity contribution >= 4 is 49.1 Å². The molecule has 4 aliphatic heterocycles. The van der Waals surface area contributed by atoms with Crippen LogP contribution in [0, 0.1) is 23.0 Å². The number of hydrogen-bond acceptors (Lipinski definition) is 9. The first-order valence-electron chi connectivity index (χ1n) is 18.1. The Balaban J connectivity index is 1.29. The number of anilines is 2. The summed E-state index contributed by atoms with van der Waals surface area (Å²) in [5.74, 6) is -0.510. The van der Waals surface area contributed by atoms with Gasteiger partial charge in [0, 0.05) is 42.0 Å². The number of carbonyl (C=O) groups excluding carboxylic acids is 1. The van der Waals surface area contributed by atoms with Crippen LogP contribution in [-0.4, -0.2) is 82.1 Å². The van der Waals surface area contributed by atoms with E-state index in [2.05, 4.69) is 27.8 Å². The number of nitrogens with one attached hydrogen (secondary N) is 1. The van der Waals surface area contributed by atoms with E-state index in [1.807, 2.05) is 31.7 Å². The summed E-state index contributed by atoms with van der Waals surface area (Å²) in [5, 5.41) is 15.1. The smallest absolute Gasteiger partial charge is 0.319 e. The summed E-state index contributed by atoms with van der Waals surface area (Å²) in [5.41, 5.74) is 1.49. The second-order valence-electron chi connectivity index (χ2n) is 14.9. The minimum Gasteiger partial charge on any atom is -0.461 e. The van der Waals surface area contributed by atoms with Gasteiger partial charge in [0.15, 0.2) is 5.82 Å². The van der Waals surface area contributed by atoms with Crippen molar-refractivity contribution in [1.29, 1.82) is 5.26 Å². The monoisotopic (exact) mass is 711 g/mol. The number of halogens is 2. The second kappa shape index (κ2) is 12.7. The van der Waals surface area contributed by atoms with Crippen molar-refractivity contribution in [1.82, 2.24) is 19.8 Å². The molecule has 1 N–H and O–H groups in total. The number of ether oxygens (including phenoxy) is 1. The molecule has 1 unspecified atom stereocenters. The Kier molecular flexibility index (Phi) is 8.42. The number of rotatable bonds is 9. The van der Waals surface area contributed by atoms with Gasteiger partial charge >= 0.3 is 6.01 Å². The van der Waals surface area contributed by atoms with Crippen LogP contribution in [-0.2, 0) is 11.2 Å². The Hall–Kier alpha value is -4.34. The lowest BCUT2D eigenvalue weighted by molar-refractivity contribution is -0.140. The van der Waals surface area contributed by atoms with Crippen LogP contribution in [0.2, 0.25) is 0 Å². The van der Waals surface area contributed by atoms with Crippen LogP contribution in [0.5, 0.6) is 6.01 Å². The zero-order valence-corrected chi connectivity index (χ0v) is 30.3. The molecule has 2 aromatic heterocycles. The SMILES string of the molecule is C=CC(=O)N1CCC12CCN(c1nc(OCC34CCCN3CCC4)nc3c(F)c(-c4ccc(F)c5sc(NC(C)C)c(C#N)c45)c(CC)cc13)C2. The van der Waals surface area contributed by atoms with Crippen molar-refractivity contribution in [2.45, 2.75) is 82.8 Å². The van der Waals surface area contributed by atoms with Crippen LogP contribution in [0.4, 0.5) is 19.6 Å². The molecule has 51 heavy (non-hydrogen) atoms. The molecule has 4 fully saturated rings. The molecule has 0 aliphatic carbocycles. The minimum atomic E-state index is -0.554. The van der Waals surface area contributed by atoms with E-state index in [1.165, 1.54) is 23.5 Å². The molecule has 9 nitrogen and oxygen atoms in total. The first-order chi connectivity index (χ1) is 24.6. The maximum Gasteiger partial charge on any atom is 0.319 e. The highest BCUT2D eigenvalue weighted by atomic mass is 32.1. The largest absolute Gasteiger partial charge is 0.461 e. The number of nitriles is 1. The van der Waals surface area contributed by atoms with Gasteiger partial charge in [-0.2, -0.15) is 15.2 Å². The third-order valence-electron chi connectivity index (χ3n) is 11.7. The van der Waals surface area contributed by atoms with Gasteiger partial charge in [-0.25, -0.2) is 8.78 Å². The van der Waals surface area contributed by atoms with E-state index < -0.39 is 11.6 Å². The van der Waals surface area contributed by atoms with Crippen molar-refractivity contribution in [2.24, 2.45) is 0 Å². The molecule has 266 valence electrons. The average molecular weight is 712 g/mol. The number of likely N-dealkylation sites (tertiary alicyclic amines) is 1. The summed E-state index contributed by atoms with van der Waals surface area (Å²) in [4.78, 5) is 29.0. The summed E-state index contributed by atoms with van der Waals surface area (Å²) >= 11 is 1.17. The Bertz CT molecular complexity index is 2120. The fourth-order valence-electron chi connectivity index (χ4n) is 9.09. The van der Waals surface area contributed by atoms with Crippen LogP contribution in [0.1, 0.15) is 70.4 Å². The third-order valence-corrected chi connectivity index (χ3v) is 12.8. The number of nitrogens with zero attached hydrogens (tertiary/aromatic N) is 6. The lowest BCUT2D eigenvalue weighted by Gasteiger charge is -2.50. The average Bonchev–Trinajstić information content (AvgIpc) is 3.90. The fraction of sp³-hybridized carbons (Fsp3) is 0.487. The second-order valence-corrected chi connectivity index (χ2v) is 15.9. The summed E-state index contributed by atoms with van der Waals surface area (Å²) in [6.07, 6.45) is 7.82. The standard InChI is InChI=1S/C39H43F2N7O2S/c1-5-24-19-26-33(32(41)30(24)25-9-10-28(40)34-31(25)27(20-42)36(51-34)43-23(3)4)44-37(50-22-39-11-7-15-47(39)16-8-12-39)45-35(26)46-17-13-38(21-46)14-18-48(38)29(49)6-2/h6,9-10,19,23,43H,2,5,7-8,11-18,21-22H2,1,3-4H3. The molecule has 0 radical (unpaired) electrons. The van der Waals surface area contributed by atoms with Crippen molar-refractivity contribution < 1.29 is 18.3 Å². The Morgan fingerprint density at radius 2 is 1.92 bits per heavy atom. The first-order valence-corrected chi connectivity index (χ1v) is 19.0. The number of aromatic nitrogens is 2. The zero-order chi connectivity index (χ0) is 35.7. The molecule has 4 saturated heterocycles. The number of benzene rings is 2. The lowest BCUT2D eigenvalue weighted by atomic mass is 9.83. The van der Waals surface area contributed by atoms with E-state index in [4.69, 9.17) is 14.7 Å². The van der Waals surface area contributed by atoms with E-state index in [0.717, 1.165) is 51.6 Å². The molecule has 0 saturated carbocycles. The molecule has 4 aliphatic rings. The van der Waals surface area contributed by atoms with Crippen molar-refractivity contribution in [3.63, 3.8) is 0 Å². The Labute approximate surface area is 300 Å². The molecule has 12 heteroatoms. The van der Waals surface area contributed by atoms with E-state index in [0.29, 0.717) is 81.2 Å².